The third-order valence-electron chi connectivity index (χ3n) is 5.64. The van der Waals surface area contributed by atoms with Crippen molar-refractivity contribution in [2.24, 2.45) is 0 Å². The molecule has 1 aromatic carbocycles. The third-order valence-corrected chi connectivity index (χ3v) is 6.77. The zero-order valence-electron chi connectivity index (χ0n) is 17.3. The lowest BCUT2D eigenvalue weighted by Gasteiger charge is -2.23. The molecule has 3 aromatic heterocycles. The first-order chi connectivity index (χ1) is 15.0. The number of aromatic nitrogens is 2. The minimum Gasteiger partial charge on any atom is -0.453 e. The lowest BCUT2D eigenvalue weighted by atomic mass is 10.2. The summed E-state index contributed by atoms with van der Waals surface area (Å²) < 4.78 is 26.9. The van der Waals surface area contributed by atoms with Crippen LogP contribution in [0, 0.1) is 12.7 Å². The van der Waals surface area contributed by atoms with Crippen LogP contribution in [0.1, 0.15) is 28.2 Å². The summed E-state index contributed by atoms with van der Waals surface area (Å²) in [4.78, 5) is 23.1. The number of fused-ring (bicyclic) bond motifs is 2. The van der Waals surface area contributed by atoms with Gasteiger partial charge in [-0.1, -0.05) is 0 Å². The van der Waals surface area contributed by atoms with Gasteiger partial charge in [-0.05, 0) is 44.0 Å². The number of benzene rings is 1. The Kier molecular flexibility index (Phi) is 5.11. The monoisotopic (exact) mass is 439 g/mol. The number of carbonyl (C=O) groups excluding carboxylic acids is 1. The molecule has 0 spiro atoms. The molecule has 6 nitrogen and oxygen atoms in total. The molecular weight excluding hydrogens is 417 g/mol. The summed E-state index contributed by atoms with van der Waals surface area (Å²) in [5.74, 6) is 0.178. The van der Waals surface area contributed by atoms with Gasteiger partial charge < -0.3 is 19.4 Å². The van der Waals surface area contributed by atoms with Crippen LogP contribution < -0.4 is 4.74 Å². The molecule has 0 bridgehead atoms. The first kappa shape index (κ1) is 20.0. The molecule has 1 N–H and O–H groups in total. The van der Waals surface area contributed by atoms with Crippen molar-refractivity contribution in [1.82, 2.24) is 14.9 Å². The predicted octanol–water partition coefficient (Wildman–Crippen LogP) is 5.27. The minimum atomic E-state index is -0.417. The highest BCUT2D eigenvalue weighted by molar-refractivity contribution is 7.21. The van der Waals surface area contributed by atoms with E-state index in [-0.39, 0.29) is 17.7 Å². The van der Waals surface area contributed by atoms with Gasteiger partial charge in [0.2, 0.25) is 0 Å². The molecule has 1 saturated heterocycles. The first-order valence-electron chi connectivity index (χ1n) is 10.2. The summed E-state index contributed by atoms with van der Waals surface area (Å²) in [6.45, 7) is 3.14. The van der Waals surface area contributed by atoms with Gasteiger partial charge in [0.05, 0.1) is 27.7 Å². The van der Waals surface area contributed by atoms with E-state index < -0.39 is 5.82 Å². The number of likely N-dealkylation sites (tertiary alicyclic amines) is 1. The smallest absolute Gasteiger partial charge is 0.264 e. The number of methoxy groups -OCH3 is 1. The Morgan fingerprint density at radius 1 is 1.32 bits per heavy atom. The molecule has 5 rings (SSSR count). The molecule has 0 radical (unpaired) electrons. The number of H-pyrrole nitrogens is 1. The topological polar surface area (TPSA) is 67.4 Å². The van der Waals surface area contributed by atoms with E-state index in [4.69, 9.17) is 9.47 Å². The molecule has 4 heterocycles. The average Bonchev–Trinajstić information content (AvgIpc) is 3.48. The zero-order valence-corrected chi connectivity index (χ0v) is 18.1. The molecule has 4 aromatic rings. The van der Waals surface area contributed by atoms with E-state index in [0.29, 0.717) is 28.1 Å². The van der Waals surface area contributed by atoms with Gasteiger partial charge in [0.25, 0.3) is 5.91 Å². The Morgan fingerprint density at radius 2 is 2.19 bits per heavy atom. The number of carbonyl (C=O) groups is 1. The van der Waals surface area contributed by atoms with Crippen LogP contribution in [0.5, 0.6) is 11.5 Å². The highest BCUT2D eigenvalue weighted by Gasteiger charge is 2.30. The molecule has 1 amide bonds. The zero-order chi connectivity index (χ0) is 21.5. The van der Waals surface area contributed by atoms with Crippen LogP contribution in [0.2, 0.25) is 0 Å². The Hall–Kier alpha value is -2.97. The van der Waals surface area contributed by atoms with Crippen LogP contribution in [0.25, 0.3) is 21.1 Å². The molecule has 31 heavy (non-hydrogen) atoms. The second-order valence-corrected chi connectivity index (χ2v) is 8.83. The van der Waals surface area contributed by atoms with Crippen LogP contribution in [-0.4, -0.2) is 47.1 Å². The molecular formula is C23H22FN3O3S. The van der Waals surface area contributed by atoms with E-state index >= 15 is 0 Å². The van der Waals surface area contributed by atoms with Gasteiger partial charge in [-0.3, -0.25) is 9.78 Å². The van der Waals surface area contributed by atoms with E-state index in [9.17, 15) is 9.18 Å². The van der Waals surface area contributed by atoms with Crippen LogP contribution >= 0.6 is 11.3 Å². The number of aryl methyl sites for hydroxylation is 1. The molecule has 0 aliphatic carbocycles. The highest BCUT2D eigenvalue weighted by Crippen LogP contribution is 2.38. The van der Waals surface area contributed by atoms with Crippen molar-refractivity contribution in [2.75, 3.05) is 20.3 Å². The van der Waals surface area contributed by atoms with Crippen molar-refractivity contribution in [3.8, 4) is 11.5 Å². The molecule has 1 atom stereocenters. The molecule has 0 saturated carbocycles. The summed E-state index contributed by atoms with van der Waals surface area (Å²) in [6.07, 6.45) is 3.52. The summed E-state index contributed by atoms with van der Waals surface area (Å²) in [5, 5.41) is 0.487. The quantitative estimate of drug-likeness (QED) is 0.460. The number of amides is 1. The van der Waals surface area contributed by atoms with Gasteiger partial charge in [-0.2, -0.15) is 0 Å². The Labute approximate surface area is 182 Å². The number of thiophene rings is 1. The van der Waals surface area contributed by atoms with Gasteiger partial charge in [0.1, 0.15) is 5.75 Å². The molecule has 1 aliphatic rings. The van der Waals surface area contributed by atoms with Gasteiger partial charge in [-0.15, -0.1) is 11.3 Å². The number of aromatic amines is 1. The normalized spacial score (nSPS) is 16.5. The fourth-order valence-electron chi connectivity index (χ4n) is 4.20. The maximum absolute atomic E-state index is 15.0. The summed E-state index contributed by atoms with van der Waals surface area (Å²) in [5.41, 5.74) is 2.27. The van der Waals surface area contributed by atoms with Gasteiger partial charge >= 0.3 is 0 Å². The van der Waals surface area contributed by atoms with Gasteiger partial charge in [-0.25, -0.2) is 4.39 Å². The number of rotatable bonds is 5. The number of nitrogens with zero attached hydrogens (tertiary/aromatic N) is 2. The lowest BCUT2D eigenvalue weighted by molar-refractivity contribution is 0.0635. The fraction of sp³-hybridized carbons (Fsp3) is 0.304. The molecule has 160 valence electrons. The maximum Gasteiger partial charge on any atom is 0.264 e. The van der Waals surface area contributed by atoms with Crippen molar-refractivity contribution in [2.45, 2.75) is 25.8 Å². The largest absolute Gasteiger partial charge is 0.453 e. The van der Waals surface area contributed by atoms with Crippen molar-refractivity contribution >= 4 is 38.4 Å². The number of hydrogen-bond donors (Lipinski definition) is 1. The second kappa shape index (κ2) is 7.94. The van der Waals surface area contributed by atoms with Crippen molar-refractivity contribution in [3.05, 3.63) is 52.9 Å². The van der Waals surface area contributed by atoms with E-state index in [0.717, 1.165) is 35.3 Å². The van der Waals surface area contributed by atoms with Crippen molar-refractivity contribution in [1.29, 1.82) is 0 Å². The number of hydrogen-bond acceptors (Lipinski definition) is 5. The first-order valence-corrected chi connectivity index (χ1v) is 11.0. The molecule has 1 unspecified atom stereocenters. The number of ether oxygens (including phenoxy) is 2. The number of nitrogens with one attached hydrogen (secondary N) is 1. The molecule has 8 heteroatoms. The molecule has 1 fully saturated rings. The Balaban J connectivity index is 1.48. The summed E-state index contributed by atoms with van der Waals surface area (Å²) >= 11 is 1.32. The van der Waals surface area contributed by atoms with Crippen LogP contribution in [0.3, 0.4) is 0 Å². The van der Waals surface area contributed by atoms with E-state index in [1.165, 1.54) is 11.3 Å². The van der Waals surface area contributed by atoms with Crippen molar-refractivity contribution in [3.63, 3.8) is 0 Å². The SMILES string of the molecule is COCC1CCCN1C(=O)c1cc2nccc(Oc3ccc4[nH]c(C)cc4c3F)c2s1. The van der Waals surface area contributed by atoms with Crippen molar-refractivity contribution < 1.29 is 18.7 Å². The van der Waals surface area contributed by atoms with E-state index in [1.807, 2.05) is 11.8 Å². The second-order valence-electron chi connectivity index (χ2n) is 7.78. The van der Waals surface area contributed by atoms with Crippen LogP contribution in [-0.2, 0) is 4.74 Å². The number of pyridine rings is 1. The fourth-order valence-corrected chi connectivity index (χ4v) is 5.22. The van der Waals surface area contributed by atoms with E-state index in [2.05, 4.69) is 9.97 Å². The third kappa shape index (κ3) is 3.55. The summed E-state index contributed by atoms with van der Waals surface area (Å²) in [7, 11) is 1.65. The van der Waals surface area contributed by atoms with Crippen LogP contribution in [0.4, 0.5) is 4.39 Å². The van der Waals surface area contributed by atoms with Gasteiger partial charge in [0.15, 0.2) is 11.6 Å². The number of halogens is 1. The maximum atomic E-state index is 15.0. The standard InChI is InChI=1S/C23H22FN3O3S/c1-13-10-15-16(26-13)5-6-18(21(15)24)30-19-7-8-25-17-11-20(31-22(17)19)23(28)27-9-3-4-14(27)12-29-2/h5-8,10-11,14,26H,3-4,9,12H2,1-2H3. The lowest BCUT2D eigenvalue weighted by Crippen LogP contribution is -2.37. The van der Waals surface area contributed by atoms with Gasteiger partial charge in [0, 0.05) is 42.5 Å². The highest BCUT2D eigenvalue weighted by atomic mass is 32.1. The average molecular weight is 440 g/mol. The predicted molar refractivity (Wildman–Crippen MR) is 119 cm³/mol. The van der Waals surface area contributed by atoms with E-state index in [1.54, 1.807) is 43.6 Å². The summed E-state index contributed by atoms with van der Waals surface area (Å²) in [6, 6.07) is 8.74. The van der Waals surface area contributed by atoms with Crippen LogP contribution in [0.15, 0.2) is 36.5 Å². The Bertz CT molecular complexity index is 1280. The Morgan fingerprint density at radius 3 is 3.03 bits per heavy atom. The molecule has 1 aliphatic heterocycles. The minimum absolute atomic E-state index is 0.0242.